The monoisotopic (exact) mass is 452 g/mol. The molecule has 2 aromatic rings. The van der Waals surface area contributed by atoms with E-state index >= 15 is 0 Å². The molecule has 2 aliphatic rings. The first-order chi connectivity index (χ1) is 15.9. The predicted molar refractivity (Wildman–Crippen MR) is 121 cm³/mol. The molecule has 0 aliphatic heterocycles. The van der Waals surface area contributed by atoms with Gasteiger partial charge in [0.1, 0.15) is 18.2 Å². The Kier molecular flexibility index (Phi) is 6.65. The van der Waals surface area contributed by atoms with E-state index < -0.39 is 29.6 Å². The highest BCUT2D eigenvalue weighted by molar-refractivity contribution is 5.91. The Morgan fingerprint density at radius 1 is 1.03 bits per heavy atom. The molecule has 0 aromatic heterocycles. The van der Waals surface area contributed by atoms with E-state index in [2.05, 4.69) is 22.8 Å². The first kappa shape index (κ1) is 22.8. The first-order valence-electron chi connectivity index (χ1n) is 11.1. The highest BCUT2D eigenvalue weighted by atomic mass is 16.5. The minimum absolute atomic E-state index is 0.105. The summed E-state index contributed by atoms with van der Waals surface area (Å²) in [5.74, 6) is -1.77. The molecule has 174 valence electrons. The fourth-order valence-corrected chi connectivity index (χ4v) is 4.83. The third-order valence-corrected chi connectivity index (χ3v) is 6.51. The van der Waals surface area contributed by atoms with Gasteiger partial charge in [0, 0.05) is 13.0 Å². The molecule has 0 bridgehead atoms. The van der Waals surface area contributed by atoms with Crippen LogP contribution in [0.5, 0.6) is 0 Å². The average Bonchev–Trinajstić information content (AvgIpc) is 3.41. The van der Waals surface area contributed by atoms with Crippen LogP contribution in [0.4, 0.5) is 4.79 Å². The second-order valence-electron chi connectivity index (χ2n) is 8.56. The quantitative estimate of drug-likeness (QED) is 0.567. The van der Waals surface area contributed by atoms with Gasteiger partial charge in [-0.25, -0.2) is 9.59 Å². The number of methoxy groups -OCH3 is 1. The highest BCUT2D eigenvalue weighted by Crippen LogP contribution is 2.44. The Morgan fingerprint density at radius 2 is 1.61 bits per heavy atom. The number of aliphatic carboxylic acids is 1. The lowest BCUT2D eigenvalue weighted by atomic mass is 9.97. The zero-order valence-electron chi connectivity index (χ0n) is 18.5. The van der Waals surface area contributed by atoms with Gasteiger partial charge in [-0.05, 0) is 35.1 Å². The summed E-state index contributed by atoms with van der Waals surface area (Å²) in [7, 11) is 1.40. The van der Waals surface area contributed by atoms with Crippen molar-refractivity contribution in [2.45, 2.75) is 43.2 Å². The van der Waals surface area contributed by atoms with Crippen LogP contribution in [0.3, 0.4) is 0 Å². The minimum atomic E-state index is -1.30. The molecule has 1 atom stereocenters. The molecule has 8 nitrogen and oxygen atoms in total. The number of nitrogens with one attached hydrogen (secondary N) is 2. The maximum atomic E-state index is 12.8. The van der Waals surface area contributed by atoms with Crippen molar-refractivity contribution < 1.29 is 29.0 Å². The number of carbonyl (C=O) groups is 3. The summed E-state index contributed by atoms with van der Waals surface area (Å²) in [5.41, 5.74) is 3.11. The smallest absolute Gasteiger partial charge is 0.407 e. The lowest BCUT2D eigenvalue weighted by molar-refractivity contribution is -0.147. The van der Waals surface area contributed by atoms with Crippen molar-refractivity contribution in [1.29, 1.82) is 0 Å². The molecular weight excluding hydrogens is 424 g/mol. The van der Waals surface area contributed by atoms with Crippen molar-refractivity contribution in [1.82, 2.24) is 10.6 Å². The number of fused-ring (bicyclic) bond motifs is 3. The van der Waals surface area contributed by atoms with Crippen LogP contribution in [0, 0.1) is 0 Å². The van der Waals surface area contributed by atoms with Gasteiger partial charge in [0.25, 0.3) is 0 Å². The molecule has 1 fully saturated rings. The number of carboxylic acids is 1. The van der Waals surface area contributed by atoms with E-state index in [-0.39, 0.29) is 19.1 Å². The second-order valence-corrected chi connectivity index (χ2v) is 8.56. The molecule has 0 radical (unpaired) electrons. The van der Waals surface area contributed by atoms with Crippen LogP contribution in [0.15, 0.2) is 48.5 Å². The van der Waals surface area contributed by atoms with E-state index in [4.69, 9.17) is 9.47 Å². The van der Waals surface area contributed by atoms with Gasteiger partial charge in [0.05, 0.1) is 6.61 Å². The molecule has 1 saturated carbocycles. The van der Waals surface area contributed by atoms with Gasteiger partial charge in [-0.15, -0.1) is 0 Å². The number of amides is 2. The van der Waals surface area contributed by atoms with Crippen molar-refractivity contribution in [3.8, 4) is 11.1 Å². The third-order valence-electron chi connectivity index (χ3n) is 6.51. The van der Waals surface area contributed by atoms with Crippen molar-refractivity contribution >= 4 is 18.0 Å². The SMILES string of the molecule is COC[C@H](NC(=O)OCC1c2ccccc2-c2ccccc21)C(=O)NC1(C(=O)O)CCCC1. The van der Waals surface area contributed by atoms with Gasteiger partial charge in [-0.3, -0.25) is 4.79 Å². The van der Waals surface area contributed by atoms with Crippen LogP contribution in [0.2, 0.25) is 0 Å². The van der Waals surface area contributed by atoms with Crippen LogP contribution >= 0.6 is 0 Å². The molecule has 0 spiro atoms. The summed E-state index contributed by atoms with van der Waals surface area (Å²) in [6.07, 6.45) is 1.41. The fourth-order valence-electron chi connectivity index (χ4n) is 4.83. The standard InChI is InChI=1S/C25H28N2O6/c1-32-15-21(22(28)27-25(23(29)30)12-6-7-13-25)26-24(31)33-14-20-18-10-4-2-8-16(18)17-9-3-5-11-19(17)20/h2-5,8-11,20-21H,6-7,12-15H2,1H3,(H,26,31)(H,27,28)(H,29,30)/t21-/m0/s1. The van der Waals surface area contributed by atoms with Crippen LogP contribution in [0.1, 0.15) is 42.7 Å². The van der Waals surface area contributed by atoms with Crippen molar-refractivity contribution in [2.24, 2.45) is 0 Å². The Bertz CT molecular complexity index is 1000. The summed E-state index contributed by atoms with van der Waals surface area (Å²) in [6.45, 7) is 0.00592. The van der Waals surface area contributed by atoms with Crippen molar-refractivity contribution in [3.05, 3.63) is 59.7 Å². The number of carboxylic acid groups (broad SMARTS) is 1. The van der Waals surface area contributed by atoms with Gasteiger partial charge < -0.3 is 25.2 Å². The number of rotatable bonds is 8. The second kappa shape index (κ2) is 9.62. The van der Waals surface area contributed by atoms with Gasteiger partial charge in [-0.1, -0.05) is 61.4 Å². The van der Waals surface area contributed by atoms with Gasteiger partial charge in [0.2, 0.25) is 5.91 Å². The zero-order valence-corrected chi connectivity index (χ0v) is 18.5. The van der Waals surface area contributed by atoms with E-state index in [1.807, 2.05) is 36.4 Å². The Hall–Kier alpha value is -3.39. The zero-order chi connectivity index (χ0) is 23.4. The predicted octanol–water partition coefficient (Wildman–Crippen LogP) is 3.05. The van der Waals surface area contributed by atoms with E-state index in [0.29, 0.717) is 12.8 Å². The largest absolute Gasteiger partial charge is 0.480 e. The van der Waals surface area contributed by atoms with Crippen LogP contribution in [-0.4, -0.2) is 55.0 Å². The minimum Gasteiger partial charge on any atom is -0.480 e. The summed E-state index contributed by atoms with van der Waals surface area (Å²) >= 11 is 0. The van der Waals surface area contributed by atoms with Crippen LogP contribution < -0.4 is 10.6 Å². The fraction of sp³-hybridized carbons (Fsp3) is 0.400. The molecule has 0 unspecified atom stereocenters. The van der Waals surface area contributed by atoms with E-state index in [9.17, 15) is 19.5 Å². The summed E-state index contributed by atoms with van der Waals surface area (Å²) in [4.78, 5) is 37.1. The van der Waals surface area contributed by atoms with Gasteiger partial charge in [-0.2, -0.15) is 0 Å². The summed E-state index contributed by atoms with van der Waals surface area (Å²) < 4.78 is 10.6. The average molecular weight is 453 g/mol. The molecule has 4 rings (SSSR count). The Morgan fingerprint density at radius 3 is 2.15 bits per heavy atom. The maximum absolute atomic E-state index is 12.8. The lowest BCUT2D eigenvalue weighted by Crippen LogP contribution is -2.59. The number of alkyl carbamates (subject to hydrolysis) is 1. The normalized spacial score (nSPS) is 17.0. The maximum Gasteiger partial charge on any atom is 0.407 e. The van der Waals surface area contributed by atoms with Crippen molar-refractivity contribution in [3.63, 3.8) is 0 Å². The number of benzene rings is 2. The molecular formula is C25H28N2O6. The highest BCUT2D eigenvalue weighted by Gasteiger charge is 2.44. The van der Waals surface area contributed by atoms with Crippen LogP contribution in [-0.2, 0) is 19.1 Å². The van der Waals surface area contributed by atoms with Gasteiger partial charge in [0.15, 0.2) is 0 Å². The van der Waals surface area contributed by atoms with Gasteiger partial charge >= 0.3 is 12.1 Å². The molecule has 0 heterocycles. The number of ether oxygens (including phenoxy) is 2. The molecule has 2 aromatic carbocycles. The molecule has 0 saturated heterocycles. The first-order valence-corrected chi connectivity index (χ1v) is 11.1. The van der Waals surface area contributed by atoms with E-state index in [0.717, 1.165) is 35.1 Å². The third kappa shape index (κ3) is 4.57. The summed E-state index contributed by atoms with van der Waals surface area (Å²) in [6, 6.07) is 15.0. The topological polar surface area (TPSA) is 114 Å². The Balaban J connectivity index is 1.41. The molecule has 8 heteroatoms. The van der Waals surface area contributed by atoms with Crippen molar-refractivity contribution in [2.75, 3.05) is 20.3 Å². The Labute approximate surface area is 192 Å². The molecule has 33 heavy (non-hydrogen) atoms. The number of hydrogen-bond acceptors (Lipinski definition) is 5. The van der Waals surface area contributed by atoms with E-state index in [1.54, 1.807) is 0 Å². The molecule has 3 N–H and O–H groups in total. The molecule has 2 amide bonds. The molecule has 2 aliphatic carbocycles. The number of carbonyl (C=O) groups excluding carboxylic acids is 2. The number of hydrogen-bond donors (Lipinski definition) is 3. The van der Waals surface area contributed by atoms with Crippen LogP contribution in [0.25, 0.3) is 11.1 Å². The lowest BCUT2D eigenvalue weighted by Gasteiger charge is -2.28. The summed E-state index contributed by atoms with van der Waals surface area (Å²) in [5, 5.41) is 14.8. The van der Waals surface area contributed by atoms with E-state index in [1.165, 1.54) is 7.11 Å².